The van der Waals surface area contributed by atoms with Crippen molar-refractivity contribution in [2.24, 2.45) is 4.99 Å². The third kappa shape index (κ3) is 5.87. The lowest BCUT2D eigenvalue weighted by atomic mass is 10.2. The first-order valence-corrected chi connectivity index (χ1v) is 7.62. The molecular formula is C17H26IN3O. The highest BCUT2D eigenvalue weighted by Crippen LogP contribution is 2.19. The summed E-state index contributed by atoms with van der Waals surface area (Å²) in [6.45, 7) is 4.89. The van der Waals surface area contributed by atoms with Crippen LogP contribution in [0.3, 0.4) is 0 Å². The predicted molar refractivity (Wildman–Crippen MR) is 103 cm³/mol. The molecule has 0 amide bonds. The van der Waals surface area contributed by atoms with Crippen molar-refractivity contribution in [2.75, 3.05) is 13.7 Å². The molecule has 2 rings (SSSR count). The summed E-state index contributed by atoms with van der Waals surface area (Å²) in [6, 6.07) is 8.60. The van der Waals surface area contributed by atoms with Crippen LogP contribution >= 0.6 is 24.0 Å². The van der Waals surface area contributed by atoms with E-state index in [-0.39, 0.29) is 24.0 Å². The second-order valence-electron chi connectivity index (χ2n) is 5.26. The molecule has 22 heavy (non-hydrogen) atoms. The zero-order chi connectivity index (χ0) is 14.9. The van der Waals surface area contributed by atoms with E-state index in [9.17, 15) is 0 Å². The van der Waals surface area contributed by atoms with Crippen molar-refractivity contribution >= 4 is 29.9 Å². The van der Waals surface area contributed by atoms with Crippen molar-refractivity contribution in [3.63, 3.8) is 0 Å². The van der Waals surface area contributed by atoms with Crippen LogP contribution in [-0.4, -0.2) is 25.7 Å². The highest BCUT2D eigenvalue weighted by atomic mass is 127. The number of hydrogen-bond donors (Lipinski definition) is 2. The molecule has 4 nitrogen and oxygen atoms in total. The molecule has 122 valence electrons. The van der Waals surface area contributed by atoms with Crippen molar-refractivity contribution < 1.29 is 4.74 Å². The number of ether oxygens (including phenoxy) is 1. The van der Waals surface area contributed by atoms with E-state index >= 15 is 0 Å². The molecule has 0 saturated heterocycles. The topological polar surface area (TPSA) is 45.6 Å². The van der Waals surface area contributed by atoms with Crippen LogP contribution in [0.1, 0.15) is 31.2 Å². The number of halogens is 1. The average Bonchev–Trinajstić information content (AvgIpc) is 3.03. The fraction of sp³-hybridized carbons (Fsp3) is 0.471. The lowest BCUT2D eigenvalue weighted by molar-refractivity contribution is 0.358. The maximum atomic E-state index is 5.67. The minimum Gasteiger partial charge on any atom is -0.489 e. The number of benzene rings is 1. The normalized spacial score (nSPS) is 15.0. The van der Waals surface area contributed by atoms with Gasteiger partial charge in [-0.05, 0) is 18.9 Å². The molecule has 0 bridgehead atoms. The van der Waals surface area contributed by atoms with Crippen molar-refractivity contribution in [1.29, 1.82) is 0 Å². The number of hydrogen-bond acceptors (Lipinski definition) is 2. The van der Waals surface area contributed by atoms with Crippen LogP contribution in [0, 0.1) is 0 Å². The van der Waals surface area contributed by atoms with Gasteiger partial charge < -0.3 is 15.4 Å². The van der Waals surface area contributed by atoms with Crippen LogP contribution in [0.25, 0.3) is 0 Å². The molecule has 1 fully saturated rings. The molecule has 1 aliphatic rings. The summed E-state index contributed by atoms with van der Waals surface area (Å²) in [5.41, 5.74) is 1.12. The van der Waals surface area contributed by atoms with Gasteiger partial charge in [0.15, 0.2) is 5.96 Å². The van der Waals surface area contributed by atoms with Gasteiger partial charge in [-0.2, -0.15) is 0 Å². The minimum absolute atomic E-state index is 0. The van der Waals surface area contributed by atoms with Crippen LogP contribution in [-0.2, 0) is 6.54 Å². The van der Waals surface area contributed by atoms with Gasteiger partial charge in [0.25, 0.3) is 0 Å². The van der Waals surface area contributed by atoms with Gasteiger partial charge in [-0.15, -0.1) is 24.0 Å². The largest absolute Gasteiger partial charge is 0.489 e. The zero-order valence-corrected chi connectivity index (χ0v) is 15.5. The van der Waals surface area contributed by atoms with Gasteiger partial charge in [-0.25, -0.2) is 0 Å². The summed E-state index contributed by atoms with van der Waals surface area (Å²) in [5.74, 6) is 1.75. The standard InChI is InChI=1S/C17H25N3O.HI/c1-3-12-21-16-11-7-4-8-14(16)13-19-17(18-2)20-15-9-5-6-10-15;/h3-4,7-8,11,15H,1,5-6,9-10,12-13H2,2H3,(H2,18,19,20);1H. The van der Waals surface area contributed by atoms with E-state index in [1.807, 2.05) is 25.2 Å². The van der Waals surface area contributed by atoms with Gasteiger partial charge in [0.05, 0.1) is 0 Å². The number of nitrogens with zero attached hydrogens (tertiary/aromatic N) is 1. The fourth-order valence-corrected chi connectivity index (χ4v) is 2.58. The van der Waals surface area contributed by atoms with Crippen LogP contribution in [0.4, 0.5) is 0 Å². The third-order valence-corrected chi connectivity index (χ3v) is 3.70. The number of aliphatic imine (C=N–C) groups is 1. The summed E-state index contributed by atoms with van der Waals surface area (Å²) in [4.78, 5) is 4.30. The Morgan fingerprint density at radius 3 is 2.77 bits per heavy atom. The Morgan fingerprint density at radius 1 is 1.36 bits per heavy atom. The number of para-hydroxylation sites is 1. The summed E-state index contributed by atoms with van der Waals surface area (Å²) in [6.07, 6.45) is 6.85. The first kappa shape index (κ1) is 18.8. The Hall–Kier alpha value is -1.24. The molecule has 5 heteroatoms. The Morgan fingerprint density at radius 2 is 2.09 bits per heavy atom. The van der Waals surface area contributed by atoms with Gasteiger partial charge in [0.1, 0.15) is 12.4 Å². The maximum Gasteiger partial charge on any atom is 0.191 e. The molecule has 0 aromatic heterocycles. The molecule has 1 saturated carbocycles. The molecule has 0 radical (unpaired) electrons. The monoisotopic (exact) mass is 415 g/mol. The Kier molecular flexibility index (Phi) is 8.96. The van der Waals surface area contributed by atoms with E-state index in [1.165, 1.54) is 25.7 Å². The first-order chi connectivity index (χ1) is 10.3. The zero-order valence-electron chi connectivity index (χ0n) is 13.2. The van der Waals surface area contributed by atoms with E-state index in [4.69, 9.17) is 4.74 Å². The minimum atomic E-state index is 0. The molecule has 0 unspecified atom stereocenters. The summed E-state index contributed by atoms with van der Waals surface area (Å²) in [7, 11) is 1.81. The number of guanidine groups is 1. The molecular weight excluding hydrogens is 389 g/mol. The maximum absolute atomic E-state index is 5.67. The Labute approximate surface area is 150 Å². The van der Waals surface area contributed by atoms with Crippen LogP contribution in [0.15, 0.2) is 41.9 Å². The number of rotatable bonds is 6. The summed E-state index contributed by atoms with van der Waals surface area (Å²) >= 11 is 0. The average molecular weight is 415 g/mol. The van der Waals surface area contributed by atoms with Crippen LogP contribution in [0.2, 0.25) is 0 Å². The summed E-state index contributed by atoms with van der Waals surface area (Å²) in [5, 5.41) is 6.84. The Bertz CT molecular complexity index is 485. The molecule has 0 spiro atoms. The SMILES string of the molecule is C=CCOc1ccccc1CNC(=NC)NC1CCCC1.I. The summed E-state index contributed by atoms with van der Waals surface area (Å²) < 4.78 is 5.67. The van der Waals surface area contributed by atoms with Crippen molar-refractivity contribution in [1.82, 2.24) is 10.6 Å². The molecule has 2 N–H and O–H groups in total. The molecule has 0 atom stereocenters. The quantitative estimate of drug-likeness (QED) is 0.324. The molecule has 0 aliphatic heterocycles. The van der Waals surface area contributed by atoms with E-state index < -0.39 is 0 Å². The van der Waals surface area contributed by atoms with E-state index in [1.54, 1.807) is 6.08 Å². The molecule has 1 aromatic rings. The number of nitrogens with one attached hydrogen (secondary N) is 2. The highest BCUT2D eigenvalue weighted by molar-refractivity contribution is 14.0. The lowest BCUT2D eigenvalue weighted by Gasteiger charge is -2.17. The van der Waals surface area contributed by atoms with Crippen LogP contribution < -0.4 is 15.4 Å². The second kappa shape index (κ2) is 10.5. The van der Waals surface area contributed by atoms with Gasteiger partial charge in [-0.3, -0.25) is 4.99 Å². The van der Waals surface area contributed by atoms with Gasteiger partial charge in [0, 0.05) is 25.2 Å². The highest BCUT2D eigenvalue weighted by Gasteiger charge is 2.15. The van der Waals surface area contributed by atoms with Crippen molar-refractivity contribution in [3.8, 4) is 5.75 Å². The van der Waals surface area contributed by atoms with Crippen molar-refractivity contribution in [3.05, 3.63) is 42.5 Å². The van der Waals surface area contributed by atoms with Crippen LogP contribution in [0.5, 0.6) is 5.75 Å². The second-order valence-corrected chi connectivity index (χ2v) is 5.26. The fourth-order valence-electron chi connectivity index (χ4n) is 2.58. The van der Waals surface area contributed by atoms with Gasteiger partial charge in [0.2, 0.25) is 0 Å². The smallest absolute Gasteiger partial charge is 0.191 e. The van der Waals surface area contributed by atoms with Gasteiger partial charge in [-0.1, -0.05) is 43.7 Å². The predicted octanol–water partition coefficient (Wildman–Crippen LogP) is 3.48. The van der Waals surface area contributed by atoms with E-state index in [0.29, 0.717) is 19.2 Å². The van der Waals surface area contributed by atoms with Crippen molar-refractivity contribution in [2.45, 2.75) is 38.3 Å². The third-order valence-electron chi connectivity index (χ3n) is 3.70. The van der Waals surface area contributed by atoms with E-state index in [2.05, 4.69) is 28.3 Å². The first-order valence-electron chi connectivity index (χ1n) is 7.62. The van der Waals surface area contributed by atoms with Gasteiger partial charge >= 0.3 is 0 Å². The lowest BCUT2D eigenvalue weighted by Crippen LogP contribution is -2.41. The Balaban J connectivity index is 0.00000242. The molecule has 1 aromatic carbocycles. The molecule has 0 heterocycles. The molecule has 1 aliphatic carbocycles. The van der Waals surface area contributed by atoms with E-state index in [0.717, 1.165) is 17.3 Å².